The number of rotatable bonds is 4. The summed E-state index contributed by atoms with van der Waals surface area (Å²) in [5, 5.41) is 0. The molecule has 1 amide bonds. The molecule has 0 radical (unpaired) electrons. The molecule has 1 aliphatic rings. The number of fused-ring (bicyclic) bond motifs is 1. The zero-order valence-corrected chi connectivity index (χ0v) is 16.9. The number of methoxy groups -OCH3 is 1. The van der Waals surface area contributed by atoms with Crippen LogP contribution in [0.2, 0.25) is 0 Å². The number of anilines is 1. The summed E-state index contributed by atoms with van der Waals surface area (Å²) in [4.78, 5) is 24.8. The summed E-state index contributed by atoms with van der Waals surface area (Å²) in [6.45, 7) is 2.69. The maximum absolute atomic E-state index is 14.7. The second-order valence-corrected chi connectivity index (χ2v) is 7.25. The van der Waals surface area contributed by atoms with Gasteiger partial charge in [-0.2, -0.15) is 8.78 Å². The third-order valence-electron chi connectivity index (χ3n) is 4.85. The van der Waals surface area contributed by atoms with Gasteiger partial charge in [-0.3, -0.25) is 9.69 Å². The van der Waals surface area contributed by atoms with E-state index >= 15 is 0 Å². The van der Waals surface area contributed by atoms with Crippen molar-refractivity contribution in [3.63, 3.8) is 0 Å². The number of carbonyl (C=O) groups is 2. The molecule has 0 unspecified atom stereocenters. The van der Waals surface area contributed by atoms with E-state index in [1.807, 2.05) is 0 Å². The number of alkyl halides is 2. The van der Waals surface area contributed by atoms with Crippen molar-refractivity contribution in [2.24, 2.45) is 5.92 Å². The van der Waals surface area contributed by atoms with Crippen LogP contribution in [0.3, 0.4) is 0 Å². The number of nitrogens with zero attached hydrogens (tertiary/aromatic N) is 1. The van der Waals surface area contributed by atoms with Gasteiger partial charge in [0.1, 0.15) is 11.9 Å². The van der Waals surface area contributed by atoms with Crippen molar-refractivity contribution in [2.45, 2.75) is 26.0 Å². The molecule has 2 aromatic rings. The summed E-state index contributed by atoms with van der Waals surface area (Å²) < 4.78 is 121. The fourth-order valence-electron chi connectivity index (χ4n) is 3.35. The normalized spacial score (nSPS) is 15.9. The first-order valence-corrected chi connectivity index (χ1v) is 9.08. The predicted octanol–water partition coefficient (Wildman–Crippen LogP) is 4.70. The maximum Gasteiger partial charge on any atom is 0.483 e. The van der Waals surface area contributed by atoms with E-state index in [1.165, 1.54) is 13.8 Å². The molecule has 13 heteroatoms. The molecule has 33 heavy (non-hydrogen) atoms. The Kier molecular flexibility index (Phi) is 6.03. The number of halogens is 8. The van der Waals surface area contributed by atoms with E-state index in [2.05, 4.69) is 9.47 Å². The smallest absolute Gasteiger partial charge is 0.467 e. The molecule has 0 spiro atoms. The van der Waals surface area contributed by atoms with Crippen molar-refractivity contribution in [2.75, 3.05) is 12.0 Å². The van der Waals surface area contributed by atoms with Crippen LogP contribution < -0.4 is 9.64 Å². The van der Waals surface area contributed by atoms with Crippen LogP contribution in [0.1, 0.15) is 13.8 Å². The standard InChI is InChI=1S/C20H13F8NO4/c1-6(2)17(18(30)32-3)29-9-4-7(8(21)5-10(9)33-20(27,28)19(29)31)11-12(22)14(24)16(26)15(25)13(11)23/h4-6,17H,1-3H3/t17-/m0/s1. The lowest BCUT2D eigenvalue weighted by atomic mass is 9.97. The molecule has 1 heterocycles. The number of hydrogen-bond acceptors (Lipinski definition) is 4. The van der Waals surface area contributed by atoms with Crippen LogP contribution in [0.25, 0.3) is 11.1 Å². The van der Waals surface area contributed by atoms with Crippen LogP contribution in [-0.4, -0.2) is 31.1 Å². The van der Waals surface area contributed by atoms with E-state index in [1.54, 1.807) is 0 Å². The van der Waals surface area contributed by atoms with Gasteiger partial charge in [0.05, 0.1) is 18.4 Å². The van der Waals surface area contributed by atoms with Crippen LogP contribution in [0.15, 0.2) is 12.1 Å². The molecule has 3 rings (SSSR count). The minimum Gasteiger partial charge on any atom is -0.467 e. The quantitative estimate of drug-likeness (QED) is 0.274. The number of benzene rings is 2. The highest BCUT2D eigenvalue weighted by Crippen LogP contribution is 2.45. The largest absolute Gasteiger partial charge is 0.483 e. The zero-order chi connectivity index (χ0) is 25.0. The van der Waals surface area contributed by atoms with E-state index in [0.717, 1.165) is 7.11 Å². The first kappa shape index (κ1) is 24.3. The van der Waals surface area contributed by atoms with Gasteiger partial charge in [-0.1, -0.05) is 13.8 Å². The van der Waals surface area contributed by atoms with Crippen LogP contribution >= 0.6 is 0 Å². The fraction of sp³-hybridized carbons (Fsp3) is 0.300. The summed E-state index contributed by atoms with van der Waals surface area (Å²) in [5.74, 6) is -19.0. The van der Waals surface area contributed by atoms with Crippen molar-refractivity contribution < 1.29 is 54.2 Å². The summed E-state index contributed by atoms with van der Waals surface area (Å²) in [5.41, 5.74) is -3.76. The zero-order valence-electron chi connectivity index (χ0n) is 16.9. The molecule has 1 aliphatic heterocycles. The molecule has 1 atom stereocenters. The van der Waals surface area contributed by atoms with Gasteiger partial charge in [-0.15, -0.1) is 0 Å². The SMILES string of the molecule is COC(=O)[C@H](C(C)C)N1C(=O)C(F)(F)Oc2cc(F)c(-c3c(F)c(F)c(F)c(F)c3F)cc21. The average Bonchev–Trinajstić information content (AvgIpc) is 2.74. The summed E-state index contributed by atoms with van der Waals surface area (Å²) >= 11 is 0. The van der Waals surface area contributed by atoms with Crippen molar-refractivity contribution in [1.82, 2.24) is 0 Å². The molecule has 0 aromatic heterocycles. The molecule has 2 aromatic carbocycles. The molecule has 0 saturated carbocycles. The molecule has 0 aliphatic carbocycles. The molecule has 0 N–H and O–H groups in total. The van der Waals surface area contributed by atoms with E-state index in [9.17, 15) is 44.7 Å². The Bertz CT molecular complexity index is 1140. The van der Waals surface area contributed by atoms with E-state index in [-0.39, 0.29) is 11.0 Å². The van der Waals surface area contributed by atoms with Crippen molar-refractivity contribution in [3.8, 4) is 16.9 Å². The third kappa shape index (κ3) is 3.74. The molecule has 0 saturated heterocycles. The van der Waals surface area contributed by atoms with Crippen LogP contribution in [0.5, 0.6) is 5.75 Å². The van der Waals surface area contributed by atoms with Gasteiger partial charge in [0.25, 0.3) is 0 Å². The Labute approximate surface area is 180 Å². The number of ether oxygens (including phenoxy) is 2. The number of amides is 1. The Morgan fingerprint density at radius 2 is 1.48 bits per heavy atom. The van der Waals surface area contributed by atoms with Gasteiger partial charge in [0.15, 0.2) is 29.0 Å². The number of esters is 1. The first-order chi connectivity index (χ1) is 15.2. The van der Waals surface area contributed by atoms with Gasteiger partial charge >= 0.3 is 18.0 Å². The van der Waals surface area contributed by atoms with E-state index in [4.69, 9.17) is 0 Å². The minimum absolute atomic E-state index is 0.171. The molecule has 0 fully saturated rings. The monoisotopic (exact) mass is 483 g/mol. The molecular weight excluding hydrogens is 470 g/mol. The average molecular weight is 483 g/mol. The maximum atomic E-state index is 14.7. The molecule has 178 valence electrons. The van der Waals surface area contributed by atoms with Gasteiger partial charge < -0.3 is 9.47 Å². The lowest BCUT2D eigenvalue weighted by Crippen LogP contribution is -2.58. The first-order valence-electron chi connectivity index (χ1n) is 9.08. The Balaban J connectivity index is 2.37. The predicted molar refractivity (Wildman–Crippen MR) is 95.3 cm³/mol. The molecular formula is C20H13F8NO4. The number of hydrogen-bond donors (Lipinski definition) is 0. The van der Waals surface area contributed by atoms with E-state index < -0.39 is 87.4 Å². The van der Waals surface area contributed by atoms with Crippen molar-refractivity contribution in [1.29, 1.82) is 0 Å². The topological polar surface area (TPSA) is 55.8 Å². The highest BCUT2D eigenvalue weighted by atomic mass is 19.3. The van der Waals surface area contributed by atoms with E-state index in [0.29, 0.717) is 6.07 Å². The summed E-state index contributed by atoms with van der Waals surface area (Å²) in [7, 11) is 0.895. The minimum atomic E-state index is -4.58. The number of carbonyl (C=O) groups excluding carboxylic acids is 2. The van der Waals surface area contributed by atoms with Crippen LogP contribution in [-0.2, 0) is 14.3 Å². The van der Waals surface area contributed by atoms with Crippen molar-refractivity contribution >= 4 is 17.6 Å². The lowest BCUT2D eigenvalue weighted by Gasteiger charge is -2.38. The second-order valence-electron chi connectivity index (χ2n) is 7.25. The van der Waals surface area contributed by atoms with Crippen LogP contribution in [0, 0.1) is 40.8 Å². The van der Waals surface area contributed by atoms with Gasteiger partial charge in [0.2, 0.25) is 5.82 Å². The third-order valence-corrected chi connectivity index (χ3v) is 4.85. The summed E-state index contributed by atoms with van der Waals surface area (Å²) in [6, 6.07) is -1.20. The highest BCUT2D eigenvalue weighted by molar-refractivity contribution is 6.06. The van der Waals surface area contributed by atoms with Crippen LogP contribution in [0.4, 0.5) is 40.8 Å². The van der Waals surface area contributed by atoms with Gasteiger partial charge in [0, 0.05) is 11.6 Å². The fourth-order valence-corrected chi connectivity index (χ4v) is 3.35. The highest BCUT2D eigenvalue weighted by Gasteiger charge is 2.54. The Morgan fingerprint density at radius 1 is 0.970 bits per heavy atom. The summed E-state index contributed by atoms with van der Waals surface area (Å²) in [6.07, 6.45) is -4.58. The molecule has 5 nitrogen and oxygen atoms in total. The van der Waals surface area contributed by atoms with Gasteiger partial charge in [-0.05, 0) is 12.0 Å². The van der Waals surface area contributed by atoms with Gasteiger partial charge in [-0.25, -0.2) is 31.1 Å². The second kappa shape index (κ2) is 8.19. The Hall–Kier alpha value is -3.38. The van der Waals surface area contributed by atoms with Crippen molar-refractivity contribution in [3.05, 3.63) is 47.0 Å². The lowest BCUT2D eigenvalue weighted by molar-refractivity contribution is -0.194. The molecule has 0 bridgehead atoms. The Morgan fingerprint density at radius 3 is 1.97 bits per heavy atom.